The predicted molar refractivity (Wildman–Crippen MR) is 77.4 cm³/mol. The number of aryl methyl sites for hydroxylation is 1. The molecule has 3 heteroatoms. The van der Waals surface area contributed by atoms with Gasteiger partial charge in [0, 0.05) is 0 Å². The zero-order valence-corrected chi connectivity index (χ0v) is 11.6. The molecule has 1 atom stereocenters. The summed E-state index contributed by atoms with van der Waals surface area (Å²) >= 11 is 3.57. The van der Waals surface area contributed by atoms with Gasteiger partial charge in [-0.05, 0) is 24.6 Å². The molecule has 0 aliphatic heterocycles. The first-order valence-corrected chi connectivity index (χ1v) is 6.58. The Balaban J connectivity index is 2.30. The topological polar surface area (TPSA) is 27.0 Å². The third-order valence-electron chi connectivity index (χ3n) is 2.72. The van der Waals surface area contributed by atoms with E-state index in [-0.39, 0.29) is 4.95 Å². The molecule has 2 aromatic carbocycles. The van der Waals surface area contributed by atoms with Crippen molar-refractivity contribution in [2.24, 2.45) is 0 Å². The molecule has 0 aliphatic rings. The monoisotopic (exact) mass is 300 g/mol. The van der Waals surface area contributed by atoms with Gasteiger partial charge in [0.1, 0.15) is 4.95 Å². The number of nitriles is 1. The Bertz CT molecular complexity index is 543. The van der Waals surface area contributed by atoms with Gasteiger partial charge in [0.25, 0.3) is 0 Å². The Kier molecular flexibility index (Phi) is 4.01. The summed E-state index contributed by atoms with van der Waals surface area (Å²) in [6, 6.07) is 17.8. The summed E-state index contributed by atoms with van der Waals surface area (Å²) in [5, 5.41) is 9.33. The predicted octanol–water partition coefficient (Wildman–Crippen LogP) is 4.38. The van der Waals surface area contributed by atoms with Crippen LogP contribution < -0.4 is 4.90 Å². The van der Waals surface area contributed by atoms with Crippen LogP contribution in [-0.4, -0.2) is 0 Å². The minimum Gasteiger partial charge on any atom is -0.261 e. The lowest BCUT2D eigenvalue weighted by Gasteiger charge is -2.22. The molecule has 0 saturated heterocycles. The van der Waals surface area contributed by atoms with E-state index in [0.29, 0.717) is 0 Å². The molecule has 18 heavy (non-hydrogen) atoms. The molecule has 0 amide bonds. The van der Waals surface area contributed by atoms with Crippen LogP contribution >= 0.6 is 15.9 Å². The second kappa shape index (κ2) is 5.70. The number of nitrogens with zero attached hydrogens (tertiary/aromatic N) is 2. The summed E-state index contributed by atoms with van der Waals surface area (Å²) in [4.78, 5) is 1.50. The second-order valence-electron chi connectivity index (χ2n) is 4.05. The Hall–Kier alpha value is -1.79. The largest absolute Gasteiger partial charge is 0.261 e. The number of benzene rings is 2. The second-order valence-corrected chi connectivity index (χ2v) is 4.92. The molecule has 2 rings (SSSR count). The Morgan fingerprint density at radius 3 is 2.22 bits per heavy atom. The summed E-state index contributed by atoms with van der Waals surface area (Å²) in [5.41, 5.74) is 3.12. The SMILES string of the molecule is Cc1ccc(N(C#N)C(Br)c2ccccc2)cc1. The molecular formula is C15H13BrN2. The summed E-state index contributed by atoms with van der Waals surface area (Å²) in [7, 11) is 0. The first kappa shape index (κ1) is 12.7. The maximum absolute atomic E-state index is 9.33. The van der Waals surface area contributed by atoms with Gasteiger partial charge in [-0.2, -0.15) is 5.26 Å². The highest BCUT2D eigenvalue weighted by atomic mass is 79.9. The quantitative estimate of drug-likeness (QED) is 0.364. The van der Waals surface area contributed by atoms with Gasteiger partial charge < -0.3 is 0 Å². The van der Waals surface area contributed by atoms with Crippen molar-refractivity contribution in [3.05, 3.63) is 65.7 Å². The van der Waals surface area contributed by atoms with Gasteiger partial charge in [0.2, 0.25) is 0 Å². The molecule has 1 unspecified atom stereocenters. The molecule has 0 aliphatic carbocycles. The van der Waals surface area contributed by atoms with Gasteiger partial charge in [-0.1, -0.05) is 64.0 Å². The fourth-order valence-electron chi connectivity index (χ4n) is 1.71. The molecular weight excluding hydrogens is 288 g/mol. The third kappa shape index (κ3) is 2.72. The first-order chi connectivity index (χ1) is 8.72. The lowest BCUT2D eigenvalue weighted by molar-refractivity contribution is 0.966. The molecule has 2 aromatic rings. The van der Waals surface area contributed by atoms with Gasteiger partial charge in [-0.3, -0.25) is 4.90 Å². The van der Waals surface area contributed by atoms with Crippen LogP contribution in [0.4, 0.5) is 5.69 Å². The number of hydrogen-bond acceptors (Lipinski definition) is 2. The summed E-state index contributed by atoms with van der Waals surface area (Å²) < 4.78 is 0. The number of anilines is 1. The average molecular weight is 301 g/mol. The average Bonchev–Trinajstić information content (AvgIpc) is 2.42. The van der Waals surface area contributed by atoms with Crippen molar-refractivity contribution in [1.29, 1.82) is 5.26 Å². The van der Waals surface area contributed by atoms with Crippen LogP contribution in [0.2, 0.25) is 0 Å². The molecule has 0 radical (unpaired) electrons. The van der Waals surface area contributed by atoms with Crippen molar-refractivity contribution in [3.8, 4) is 6.19 Å². The van der Waals surface area contributed by atoms with E-state index in [4.69, 9.17) is 0 Å². The van der Waals surface area contributed by atoms with Crippen LogP contribution in [0.1, 0.15) is 16.1 Å². The van der Waals surface area contributed by atoms with Crippen molar-refractivity contribution in [2.45, 2.75) is 11.9 Å². The van der Waals surface area contributed by atoms with Crippen molar-refractivity contribution >= 4 is 21.6 Å². The van der Waals surface area contributed by atoms with Crippen LogP contribution in [0.15, 0.2) is 54.6 Å². The van der Waals surface area contributed by atoms with E-state index >= 15 is 0 Å². The van der Waals surface area contributed by atoms with Crippen LogP contribution in [0, 0.1) is 18.4 Å². The maximum Gasteiger partial charge on any atom is 0.185 e. The minimum absolute atomic E-state index is 0.147. The smallest absolute Gasteiger partial charge is 0.185 e. The zero-order chi connectivity index (χ0) is 13.0. The van der Waals surface area contributed by atoms with Crippen LogP contribution in [0.25, 0.3) is 0 Å². The summed E-state index contributed by atoms with van der Waals surface area (Å²) in [6.45, 7) is 2.03. The van der Waals surface area contributed by atoms with Crippen LogP contribution in [0.3, 0.4) is 0 Å². The lowest BCUT2D eigenvalue weighted by Crippen LogP contribution is -2.18. The molecule has 0 heterocycles. The van der Waals surface area contributed by atoms with Gasteiger partial charge in [-0.15, -0.1) is 0 Å². The normalized spacial score (nSPS) is 11.6. The molecule has 0 fully saturated rings. The van der Waals surface area contributed by atoms with E-state index in [2.05, 4.69) is 22.1 Å². The number of alkyl halides is 1. The van der Waals surface area contributed by atoms with E-state index in [1.807, 2.05) is 61.5 Å². The fraction of sp³-hybridized carbons (Fsp3) is 0.133. The number of halogens is 1. The molecule has 2 nitrogen and oxygen atoms in total. The molecule has 0 saturated carbocycles. The highest BCUT2D eigenvalue weighted by Crippen LogP contribution is 2.31. The van der Waals surface area contributed by atoms with E-state index in [1.165, 1.54) is 5.56 Å². The third-order valence-corrected chi connectivity index (χ3v) is 3.66. The highest BCUT2D eigenvalue weighted by Gasteiger charge is 2.17. The van der Waals surface area contributed by atoms with Crippen molar-refractivity contribution < 1.29 is 0 Å². The van der Waals surface area contributed by atoms with E-state index in [9.17, 15) is 5.26 Å². The van der Waals surface area contributed by atoms with Crippen molar-refractivity contribution in [3.63, 3.8) is 0 Å². The highest BCUT2D eigenvalue weighted by molar-refractivity contribution is 9.09. The molecule has 0 N–H and O–H groups in total. The number of rotatable bonds is 3. The summed E-state index contributed by atoms with van der Waals surface area (Å²) in [5.74, 6) is 0. The lowest BCUT2D eigenvalue weighted by atomic mass is 10.2. The van der Waals surface area contributed by atoms with Gasteiger partial charge in [-0.25, -0.2) is 0 Å². The fourth-order valence-corrected chi connectivity index (χ4v) is 2.34. The van der Waals surface area contributed by atoms with Crippen LogP contribution in [-0.2, 0) is 0 Å². The number of hydrogen-bond donors (Lipinski definition) is 0. The Morgan fingerprint density at radius 1 is 1.06 bits per heavy atom. The van der Waals surface area contributed by atoms with Crippen LogP contribution in [0.5, 0.6) is 0 Å². The Morgan fingerprint density at radius 2 is 1.67 bits per heavy atom. The molecule has 0 aromatic heterocycles. The minimum atomic E-state index is -0.147. The van der Waals surface area contributed by atoms with E-state index in [0.717, 1.165) is 11.3 Å². The van der Waals surface area contributed by atoms with E-state index < -0.39 is 0 Å². The van der Waals surface area contributed by atoms with Gasteiger partial charge in [0.15, 0.2) is 6.19 Å². The van der Waals surface area contributed by atoms with Crippen molar-refractivity contribution in [2.75, 3.05) is 4.90 Å². The molecule has 0 spiro atoms. The van der Waals surface area contributed by atoms with Crippen molar-refractivity contribution in [1.82, 2.24) is 0 Å². The zero-order valence-electron chi connectivity index (χ0n) is 10.0. The van der Waals surface area contributed by atoms with Gasteiger partial charge >= 0.3 is 0 Å². The first-order valence-electron chi connectivity index (χ1n) is 5.67. The van der Waals surface area contributed by atoms with E-state index in [1.54, 1.807) is 4.90 Å². The van der Waals surface area contributed by atoms with Gasteiger partial charge in [0.05, 0.1) is 5.69 Å². The maximum atomic E-state index is 9.33. The summed E-state index contributed by atoms with van der Waals surface area (Å²) in [6.07, 6.45) is 2.22. The molecule has 90 valence electrons. The Labute approximate surface area is 116 Å². The molecule has 0 bridgehead atoms. The standard InChI is InChI=1S/C15H13BrN2/c1-12-7-9-14(10-8-12)18(11-17)15(16)13-5-3-2-4-6-13/h2-10,15H,1H3.